The van der Waals surface area contributed by atoms with Crippen molar-refractivity contribution in [1.82, 2.24) is 20.2 Å². The van der Waals surface area contributed by atoms with Gasteiger partial charge in [-0.3, -0.25) is 0 Å². The number of aliphatic carboxylic acids is 1. The van der Waals surface area contributed by atoms with Crippen molar-refractivity contribution in [3.05, 3.63) is 29.6 Å². The van der Waals surface area contributed by atoms with E-state index in [0.29, 0.717) is 25.1 Å². The Balaban J connectivity index is 1.91. The molecule has 2 rings (SSSR count). The number of imidazole rings is 1. The second kappa shape index (κ2) is 8.75. The Hall–Kier alpha value is -2.22. The van der Waals surface area contributed by atoms with Crippen LogP contribution in [-0.2, 0) is 11.2 Å². The highest BCUT2D eigenvalue weighted by molar-refractivity contribution is 7.98. The molecule has 7 nitrogen and oxygen atoms in total. The van der Waals surface area contributed by atoms with E-state index in [1.165, 1.54) is 4.90 Å². The van der Waals surface area contributed by atoms with E-state index < -0.39 is 12.0 Å². The second-order valence-electron chi connectivity index (χ2n) is 5.95. The van der Waals surface area contributed by atoms with Crippen LogP contribution in [0, 0.1) is 6.92 Å². The van der Waals surface area contributed by atoms with Gasteiger partial charge in [-0.25, -0.2) is 14.6 Å². The van der Waals surface area contributed by atoms with Gasteiger partial charge in [-0.05, 0) is 37.0 Å². The number of rotatable bonds is 8. The van der Waals surface area contributed by atoms with E-state index in [1.807, 2.05) is 31.4 Å². The van der Waals surface area contributed by atoms with Gasteiger partial charge >= 0.3 is 12.0 Å². The molecule has 0 unspecified atom stereocenters. The summed E-state index contributed by atoms with van der Waals surface area (Å²) in [4.78, 5) is 32.7. The van der Waals surface area contributed by atoms with Crippen LogP contribution in [0.5, 0.6) is 0 Å². The number of carbonyl (C=O) groups excluding carboxylic acids is 1. The lowest BCUT2D eigenvalue weighted by Gasteiger charge is -2.21. The molecule has 2 aromatic rings. The van der Waals surface area contributed by atoms with Crippen molar-refractivity contribution in [1.29, 1.82) is 0 Å². The number of carbonyl (C=O) groups is 2. The first-order valence-electron chi connectivity index (χ1n) is 8.10. The molecule has 2 amide bonds. The van der Waals surface area contributed by atoms with Crippen LogP contribution in [0.25, 0.3) is 11.0 Å². The zero-order valence-electron chi connectivity index (χ0n) is 14.7. The van der Waals surface area contributed by atoms with Gasteiger partial charge in [-0.2, -0.15) is 11.8 Å². The maximum absolute atomic E-state index is 12.2. The highest BCUT2D eigenvalue weighted by atomic mass is 32.2. The van der Waals surface area contributed by atoms with Crippen LogP contribution in [-0.4, -0.2) is 63.6 Å². The summed E-state index contributed by atoms with van der Waals surface area (Å²) in [6.07, 6.45) is 2.88. The molecule has 0 saturated heterocycles. The number of benzene rings is 1. The third-order valence-corrected chi connectivity index (χ3v) is 4.64. The highest BCUT2D eigenvalue weighted by Crippen LogP contribution is 2.15. The topological polar surface area (TPSA) is 98.3 Å². The van der Waals surface area contributed by atoms with Crippen LogP contribution < -0.4 is 5.32 Å². The molecule has 25 heavy (non-hydrogen) atoms. The Morgan fingerprint density at radius 3 is 2.84 bits per heavy atom. The average molecular weight is 364 g/mol. The van der Waals surface area contributed by atoms with E-state index in [-0.39, 0.29) is 6.03 Å². The number of aryl methyl sites for hydroxylation is 1. The molecular weight excluding hydrogens is 340 g/mol. The number of amides is 2. The maximum atomic E-state index is 12.2. The van der Waals surface area contributed by atoms with Crippen molar-refractivity contribution in [2.24, 2.45) is 0 Å². The molecule has 0 aliphatic carbocycles. The van der Waals surface area contributed by atoms with Crippen LogP contribution in [0.15, 0.2) is 18.2 Å². The summed E-state index contributed by atoms with van der Waals surface area (Å²) in [7, 11) is 1.65. The number of carboxylic acid groups (broad SMARTS) is 1. The third-order valence-electron chi connectivity index (χ3n) is 4.00. The molecule has 136 valence electrons. The van der Waals surface area contributed by atoms with Crippen molar-refractivity contribution in [2.75, 3.05) is 25.6 Å². The molecule has 0 spiro atoms. The van der Waals surface area contributed by atoms with Crippen molar-refractivity contribution in [3.8, 4) is 0 Å². The standard InChI is InChI=1S/C17H24N4O3S/c1-11-5-4-6-12-15(11)20-14(18-12)7-9-21(2)17(24)19-13(16(22)23)8-10-25-3/h4-6,13H,7-10H2,1-3H3,(H,18,20)(H,19,24)(H,22,23)/t13-/m1/s1. The van der Waals surface area contributed by atoms with Gasteiger partial charge in [0, 0.05) is 20.0 Å². The van der Waals surface area contributed by atoms with E-state index in [0.717, 1.165) is 22.4 Å². The highest BCUT2D eigenvalue weighted by Gasteiger charge is 2.21. The molecule has 0 bridgehead atoms. The fourth-order valence-electron chi connectivity index (χ4n) is 2.47. The summed E-state index contributed by atoms with van der Waals surface area (Å²) in [5, 5.41) is 11.8. The van der Waals surface area contributed by atoms with E-state index in [2.05, 4.69) is 15.3 Å². The van der Waals surface area contributed by atoms with Gasteiger partial charge in [0.05, 0.1) is 11.0 Å². The summed E-state index contributed by atoms with van der Waals surface area (Å²) in [6, 6.07) is 4.70. The monoisotopic (exact) mass is 364 g/mol. The summed E-state index contributed by atoms with van der Waals surface area (Å²) in [5.74, 6) is 0.476. The Kier molecular flexibility index (Phi) is 6.69. The smallest absolute Gasteiger partial charge is 0.326 e. The number of nitrogens with one attached hydrogen (secondary N) is 2. The fourth-order valence-corrected chi connectivity index (χ4v) is 2.94. The lowest BCUT2D eigenvalue weighted by Crippen LogP contribution is -2.47. The molecule has 1 heterocycles. The minimum Gasteiger partial charge on any atom is -0.480 e. The van der Waals surface area contributed by atoms with E-state index in [9.17, 15) is 14.7 Å². The number of aromatic amines is 1. The van der Waals surface area contributed by atoms with E-state index in [4.69, 9.17) is 0 Å². The largest absolute Gasteiger partial charge is 0.480 e. The van der Waals surface area contributed by atoms with E-state index in [1.54, 1.807) is 18.8 Å². The molecule has 0 aliphatic heterocycles. The SMILES string of the molecule is CSCC[C@@H](NC(=O)N(C)CCc1nc2c(C)cccc2[nH]1)C(=O)O. The molecule has 0 radical (unpaired) electrons. The van der Waals surface area contributed by atoms with Crippen LogP contribution >= 0.6 is 11.8 Å². The zero-order valence-corrected chi connectivity index (χ0v) is 15.5. The fraction of sp³-hybridized carbons (Fsp3) is 0.471. The van der Waals surface area contributed by atoms with Crippen molar-refractivity contribution < 1.29 is 14.7 Å². The van der Waals surface area contributed by atoms with Crippen molar-refractivity contribution in [2.45, 2.75) is 25.8 Å². The molecular formula is C17H24N4O3S. The third kappa shape index (κ3) is 5.12. The Bertz CT molecular complexity index is 747. The van der Waals surface area contributed by atoms with Crippen LogP contribution in [0.2, 0.25) is 0 Å². The number of hydrogen-bond acceptors (Lipinski definition) is 4. The number of para-hydroxylation sites is 1. The van der Waals surface area contributed by atoms with Crippen LogP contribution in [0.3, 0.4) is 0 Å². The first-order chi connectivity index (χ1) is 11.9. The molecule has 1 atom stereocenters. The van der Waals surface area contributed by atoms with Crippen molar-refractivity contribution >= 4 is 34.8 Å². The lowest BCUT2D eigenvalue weighted by molar-refractivity contribution is -0.139. The van der Waals surface area contributed by atoms with Gasteiger partial charge in [-0.15, -0.1) is 0 Å². The zero-order chi connectivity index (χ0) is 18.4. The molecule has 8 heteroatoms. The quantitative estimate of drug-likeness (QED) is 0.667. The maximum Gasteiger partial charge on any atom is 0.326 e. The molecule has 0 fully saturated rings. The van der Waals surface area contributed by atoms with Crippen molar-refractivity contribution in [3.63, 3.8) is 0 Å². The molecule has 3 N–H and O–H groups in total. The van der Waals surface area contributed by atoms with Gasteiger partial charge in [-0.1, -0.05) is 12.1 Å². The number of H-pyrrole nitrogens is 1. The van der Waals surface area contributed by atoms with Gasteiger partial charge in [0.25, 0.3) is 0 Å². The molecule has 1 aromatic heterocycles. The molecule has 1 aromatic carbocycles. The predicted molar refractivity (Wildman–Crippen MR) is 100 cm³/mol. The van der Waals surface area contributed by atoms with Gasteiger partial charge < -0.3 is 20.3 Å². The number of nitrogens with zero attached hydrogens (tertiary/aromatic N) is 2. The average Bonchev–Trinajstić information content (AvgIpc) is 3.00. The second-order valence-corrected chi connectivity index (χ2v) is 6.93. The number of urea groups is 1. The van der Waals surface area contributed by atoms with Crippen LogP contribution in [0.4, 0.5) is 4.79 Å². The summed E-state index contributed by atoms with van der Waals surface area (Å²) < 4.78 is 0. The van der Waals surface area contributed by atoms with Gasteiger partial charge in [0.2, 0.25) is 0 Å². The Morgan fingerprint density at radius 2 is 2.20 bits per heavy atom. The Labute approximate surface area is 151 Å². The minimum absolute atomic E-state index is 0.388. The first-order valence-corrected chi connectivity index (χ1v) is 9.49. The lowest BCUT2D eigenvalue weighted by atomic mass is 10.2. The summed E-state index contributed by atoms with van der Waals surface area (Å²) in [6.45, 7) is 2.45. The number of aromatic nitrogens is 2. The normalized spacial score (nSPS) is 12.1. The summed E-state index contributed by atoms with van der Waals surface area (Å²) in [5.41, 5.74) is 3.02. The number of hydrogen-bond donors (Lipinski definition) is 3. The number of fused-ring (bicyclic) bond motifs is 1. The minimum atomic E-state index is -1.01. The summed E-state index contributed by atoms with van der Waals surface area (Å²) >= 11 is 1.55. The Morgan fingerprint density at radius 1 is 1.44 bits per heavy atom. The molecule has 0 aliphatic rings. The first kappa shape index (κ1) is 19.1. The van der Waals surface area contributed by atoms with Crippen LogP contribution in [0.1, 0.15) is 17.8 Å². The van der Waals surface area contributed by atoms with Gasteiger partial charge in [0.15, 0.2) is 0 Å². The number of likely N-dealkylation sites (N-methyl/N-ethyl adjacent to an activating group) is 1. The van der Waals surface area contributed by atoms with E-state index >= 15 is 0 Å². The number of thioether (sulfide) groups is 1. The van der Waals surface area contributed by atoms with Gasteiger partial charge in [0.1, 0.15) is 11.9 Å². The molecule has 0 saturated carbocycles. The predicted octanol–water partition coefficient (Wildman–Crippen LogP) is 2.26. The number of carboxylic acids is 1.